The fourth-order valence-electron chi connectivity index (χ4n) is 2.41. The average Bonchev–Trinajstić information content (AvgIpc) is 3.06. The number of rotatable bonds is 5. The lowest BCUT2D eigenvalue weighted by Gasteiger charge is -2.08. The van der Waals surface area contributed by atoms with Crippen LogP contribution in [0.15, 0.2) is 9.53 Å². The van der Waals surface area contributed by atoms with Crippen LogP contribution in [0, 0.1) is 0 Å². The molecule has 0 aromatic carbocycles. The van der Waals surface area contributed by atoms with Crippen LogP contribution in [-0.2, 0) is 13.2 Å². The zero-order valence-corrected chi connectivity index (χ0v) is 13.1. The van der Waals surface area contributed by atoms with E-state index in [1.54, 1.807) is 0 Å². The number of aliphatic hydroxyl groups excluding tert-OH is 1. The molecular formula is C12H15BrN6O2. The number of aliphatic hydroxyl groups is 1. The number of nitrogens with one attached hydrogen (secondary N) is 1. The van der Waals surface area contributed by atoms with Crippen LogP contribution in [0.5, 0.6) is 0 Å². The van der Waals surface area contributed by atoms with Crippen molar-refractivity contribution in [3.8, 4) is 0 Å². The minimum Gasteiger partial charge on any atom is -0.388 e. The Labute approximate surface area is 128 Å². The Bertz CT molecular complexity index is 849. The average molecular weight is 355 g/mol. The van der Waals surface area contributed by atoms with Gasteiger partial charge in [-0.3, -0.25) is 9.36 Å². The summed E-state index contributed by atoms with van der Waals surface area (Å²) in [4.78, 5) is 19.7. The standard InChI is InChI=1S/C12H15BrN6O2/c1-2-3-4-5-18-9-8(14-11(13)15-9)10(21)19-7(6-20)16-17-12(18)19/h20H,2-6H2,1H3,(H,14,15). The van der Waals surface area contributed by atoms with Crippen LogP contribution < -0.4 is 5.56 Å². The highest BCUT2D eigenvalue weighted by Gasteiger charge is 2.18. The Morgan fingerprint density at radius 3 is 2.86 bits per heavy atom. The molecule has 0 aliphatic carbocycles. The second kappa shape index (κ2) is 5.57. The van der Waals surface area contributed by atoms with Crippen LogP contribution in [0.25, 0.3) is 16.9 Å². The van der Waals surface area contributed by atoms with Crippen molar-refractivity contribution in [3.05, 3.63) is 20.9 Å². The predicted molar refractivity (Wildman–Crippen MR) is 80.0 cm³/mol. The number of aryl methyl sites for hydroxylation is 1. The number of H-pyrrole nitrogens is 1. The molecule has 0 atom stereocenters. The summed E-state index contributed by atoms with van der Waals surface area (Å²) in [6.45, 7) is 2.48. The molecule has 0 aliphatic heterocycles. The first-order valence-electron chi connectivity index (χ1n) is 6.80. The maximum atomic E-state index is 12.5. The maximum absolute atomic E-state index is 12.5. The summed E-state index contributed by atoms with van der Waals surface area (Å²) in [7, 11) is 0. The van der Waals surface area contributed by atoms with E-state index in [9.17, 15) is 9.90 Å². The van der Waals surface area contributed by atoms with Crippen LogP contribution in [0.4, 0.5) is 0 Å². The molecule has 0 saturated heterocycles. The molecule has 0 aliphatic rings. The Morgan fingerprint density at radius 1 is 1.33 bits per heavy atom. The van der Waals surface area contributed by atoms with Gasteiger partial charge in [0.2, 0.25) is 5.78 Å². The Kier molecular flexibility index (Phi) is 3.77. The molecule has 0 saturated carbocycles. The molecule has 0 fully saturated rings. The Balaban J connectivity index is 2.31. The molecule has 0 bridgehead atoms. The van der Waals surface area contributed by atoms with Crippen molar-refractivity contribution >= 4 is 32.9 Å². The normalized spacial score (nSPS) is 11.8. The summed E-state index contributed by atoms with van der Waals surface area (Å²) in [5, 5.41) is 17.2. The SMILES string of the molecule is CCCCCn1c2nc(Br)[nH]c2c(=O)n2c(CO)nnc12. The van der Waals surface area contributed by atoms with Gasteiger partial charge in [0.05, 0.1) is 0 Å². The van der Waals surface area contributed by atoms with Gasteiger partial charge in [-0.1, -0.05) is 19.8 Å². The zero-order chi connectivity index (χ0) is 15.0. The molecule has 112 valence electrons. The van der Waals surface area contributed by atoms with E-state index in [1.165, 1.54) is 4.40 Å². The van der Waals surface area contributed by atoms with E-state index in [4.69, 9.17) is 0 Å². The number of aromatic amines is 1. The van der Waals surface area contributed by atoms with Crippen LogP contribution in [0.1, 0.15) is 32.0 Å². The lowest BCUT2D eigenvalue weighted by Crippen LogP contribution is -2.21. The monoisotopic (exact) mass is 354 g/mol. The lowest BCUT2D eigenvalue weighted by atomic mass is 10.2. The van der Waals surface area contributed by atoms with Gasteiger partial charge < -0.3 is 10.1 Å². The number of aromatic nitrogens is 6. The van der Waals surface area contributed by atoms with Crippen molar-refractivity contribution in [2.45, 2.75) is 39.3 Å². The molecule has 0 spiro atoms. The molecule has 3 heterocycles. The van der Waals surface area contributed by atoms with Crippen molar-refractivity contribution in [2.24, 2.45) is 0 Å². The van der Waals surface area contributed by atoms with E-state index in [0.717, 1.165) is 19.3 Å². The first kappa shape index (κ1) is 14.2. The van der Waals surface area contributed by atoms with Crippen molar-refractivity contribution in [2.75, 3.05) is 0 Å². The minimum absolute atomic E-state index is 0.229. The lowest BCUT2D eigenvalue weighted by molar-refractivity contribution is 0.269. The van der Waals surface area contributed by atoms with Gasteiger partial charge >= 0.3 is 0 Å². The van der Waals surface area contributed by atoms with E-state index in [2.05, 4.69) is 43.0 Å². The predicted octanol–water partition coefficient (Wildman–Crippen LogP) is 1.21. The number of nitrogens with zero attached hydrogens (tertiary/aromatic N) is 5. The van der Waals surface area contributed by atoms with Crippen molar-refractivity contribution in [1.82, 2.24) is 29.1 Å². The molecule has 21 heavy (non-hydrogen) atoms. The topological polar surface area (TPSA) is 101 Å². The minimum atomic E-state index is -0.341. The van der Waals surface area contributed by atoms with Gasteiger partial charge in [-0.05, 0) is 22.4 Å². The van der Waals surface area contributed by atoms with E-state index >= 15 is 0 Å². The molecule has 9 heteroatoms. The quantitative estimate of drug-likeness (QED) is 0.529. The summed E-state index contributed by atoms with van der Waals surface area (Å²) in [6.07, 6.45) is 3.13. The number of hydrogen-bond acceptors (Lipinski definition) is 5. The van der Waals surface area contributed by atoms with Crippen LogP contribution >= 0.6 is 15.9 Å². The molecular weight excluding hydrogens is 340 g/mol. The van der Waals surface area contributed by atoms with Crippen LogP contribution in [-0.4, -0.2) is 34.2 Å². The van der Waals surface area contributed by atoms with Gasteiger partial charge in [-0.15, -0.1) is 10.2 Å². The van der Waals surface area contributed by atoms with Gasteiger partial charge in [0.1, 0.15) is 6.61 Å². The van der Waals surface area contributed by atoms with E-state index in [-0.39, 0.29) is 18.0 Å². The van der Waals surface area contributed by atoms with Gasteiger partial charge in [-0.2, -0.15) is 0 Å². The smallest absolute Gasteiger partial charge is 0.286 e. The number of imidazole rings is 1. The molecule has 3 aromatic rings. The number of hydrogen-bond donors (Lipinski definition) is 2. The maximum Gasteiger partial charge on any atom is 0.286 e. The highest BCUT2D eigenvalue weighted by atomic mass is 79.9. The highest BCUT2D eigenvalue weighted by molar-refractivity contribution is 9.10. The fraction of sp³-hybridized carbons (Fsp3) is 0.500. The zero-order valence-electron chi connectivity index (χ0n) is 11.5. The summed E-state index contributed by atoms with van der Waals surface area (Å²) >= 11 is 3.26. The van der Waals surface area contributed by atoms with Crippen LogP contribution in [0.3, 0.4) is 0 Å². The molecule has 3 aromatic heterocycles. The molecule has 0 radical (unpaired) electrons. The third kappa shape index (κ3) is 2.26. The van der Waals surface area contributed by atoms with Crippen molar-refractivity contribution in [1.29, 1.82) is 0 Å². The van der Waals surface area contributed by atoms with Crippen molar-refractivity contribution in [3.63, 3.8) is 0 Å². The van der Waals surface area contributed by atoms with Gasteiger partial charge in [0, 0.05) is 6.54 Å². The molecule has 0 unspecified atom stereocenters. The second-order valence-corrected chi connectivity index (χ2v) is 5.55. The Hall–Kier alpha value is -1.74. The fourth-order valence-corrected chi connectivity index (χ4v) is 2.77. The van der Waals surface area contributed by atoms with Gasteiger partial charge in [0.25, 0.3) is 5.56 Å². The molecule has 0 amide bonds. The summed E-state index contributed by atoms with van der Waals surface area (Å²) in [6, 6.07) is 0. The Morgan fingerprint density at radius 2 is 2.14 bits per heavy atom. The summed E-state index contributed by atoms with van der Waals surface area (Å²) in [5.74, 6) is 0.638. The van der Waals surface area contributed by atoms with E-state index in [1.807, 2.05) is 4.57 Å². The van der Waals surface area contributed by atoms with Gasteiger partial charge in [0.15, 0.2) is 21.7 Å². The first-order valence-corrected chi connectivity index (χ1v) is 7.59. The third-order valence-electron chi connectivity index (χ3n) is 3.41. The number of halogens is 1. The number of unbranched alkanes of at least 4 members (excludes halogenated alkanes) is 2. The third-order valence-corrected chi connectivity index (χ3v) is 3.79. The van der Waals surface area contributed by atoms with Crippen molar-refractivity contribution < 1.29 is 5.11 Å². The highest BCUT2D eigenvalue weighted by Crippen LogP contribution is 2.16. The molecule has 8 nitrogen and oxygen atoms in total. The number of fused-ring (bicyclic) bond motifs is 2. The van der Waals surface area contributed by atoms with E-state index in [0.29, 0.717) is 28.2 Å². The summed E-state index contributed by atoms with van der Waals surface area (Å²) < 4.78 is 3.68. The van der Waals surface area contributed by atoms with Gasteiger partial charge in [-0.25, -0.2) is 9.38 Å². The van der Waals surface area contributed by atoms with E-state index < -0.39 is 0 Å². The first-order chi connectivity index (χ1) is 10.2. The largest absolute Gasteiger partial charge is 0.388 e. The van der Waals surface area contributed by atoms with Crippen LogP contribution in [0.2, 0.25) is 0 Å². The summed E-state index contributed by atoms with van der Waals surface area (Å²) in [5.41, 5.74) is 0.617. The molecule has 3 rings (SSSR count). The second-order valence-electron chi connectivity index (χ2n) is 4.80. The molecule has 2 N–H and O–H groups in total.